The zero-order valence-electron chi connectivity index (χ0n) is 10.0. The van der Waals surface area contributed by atoms with Crippen molar-refractivity contribution in [2.75, 3.05) is 0 Å². The molecule has 0 saturated heterocycles. The van der Waals surface area contributed by atoms with Gasteiger partial charge >= 0.3 is 5.97 Å². The molecule has 7 nitrogen and oxygen atoms in total. The Hall–Kier alpha value is -2.11. The van der Waals surface area contributed by atoms with Crippen LogP contribution in [0.25, 0.3) is 0 Å². The zero-order chi connectivity index (χ0) is 14.6. The van der Waals surface area contributed by atoms with Gasteiger partial charge in [0, 0.05) is 0 Å². The summed E-state index contributed by atoms with van der Waals surface area (Å²) < 4.78 is 28.0. The highest BCUT2D eigenvalue weighted by molar-refractivity contribution is 7.89. The van der Waals surface area contributed by atoms with E-state index >= 15 is 0 Å². The number of rotatable bonds is 5. The van der Waals surface area contributed by atoms with Crippen molar-refractivity contribution in [3.05, 3.63) is 23.8 Å². The van der Waals surface area contributed by atoms with Crippen LogP contribution in [0.15, 0.2) is 23.1 Å². The molecule has 1 unspecified atom stereocenters. The molecule has 1 rings (SSSR count). The first-order chi connectivity index (χ1) is 8.79. The standard InChI is InChI=1S/C11H12N2O5S/c1-2-8(6-12)18-9-4-3-7(11(14)15)5-10(9)19(13,16)17/h3-5,8H,2H2,1H3,(H,14,15)(H2,13,16,17). The van der Waals surface area contributed by atoms with Gasteiger partial charge in [-0.05, 0) is 24.6 Å². The number of ether oxygens (including phenoxy) is 1. The van der Waals surface area contributed by atoms with Crippen molar-refractivity contribution in [3.8, 4) is 11.8 Å². The number of carboxylic acids is 1. The van der Waals surface area contributed by atoms with E-state index in [0.29, 0.717) is 6.42 Å². The Morgan fingerprint density at radius 2 is 2.21 bits per heavy atom. The quantitative estimate of drug-likeness (QED) is 0.818. The smallest absolute Gasteiger partial charge is 0.335 e. The lowest BCUT2D eigenvalue weighted by Gasteiger charge is -2.13. The summed E-state index contributed by atoms with van der Waals surface area (Å²) in [7, 11) is -4.15. The molecule has 0 aliphatic heterocycles. The van der Waals surface area contributed by atoms with E-state index in [0.717, 1.165) is 6.07 Å². The lowest BCUT2D eigenvalue weighted by Crippen LogP contribution is -2.18. The van der Waals surface area contributed by atoms with Crippen molar-refractivity contribution in [2.45, 2.75) is 24.3 Å². The molecular weight excluding hydrogens is 272 g/mol. The maximum absolute atomic E-state index is 11.4. The van der Waals surface area contributed by atoms with Gasteiger partial charge in [0.1, 0.15) is 16.7 Å². The maximum atomic E-state index is 11.4. The van der Waals surface area contributed by atoms with Crippen molar-refractivity contribution in [1.29, 1.82) is 5.26 Å². The number of nitriles is 1. The van der Waals surface area contributed by atoms with Crippen LogP contribution >= 0.6 is 0 Å². The third-order valence-corrected chi connectivity index (χ3v) is 3.21. The molecule has 3 N–H and O–H groups in total. The van der Waals surface area contributed by atoms with E-state index in [9.17, 15) is 13.2 Å². The SMILES string of the molecule is CCC(C#N)Oc1ccc(C(=O)O)cc1S(N)(=O)=O. The molecule has 1 atom stereocenters. The molecule has 0 amide bonds. The molecule has 0 spiro atoms. The average molecular weight is 284 g/mol. The van der Waals surface area contributed by atoms with Crippen LogP contribution in [-0.4, -0.2) is 25.6 Å². The second-order valence-electron chi connectivity index (χ2n) is 3.66. The highest BCUT2D eigenvalue weighted by atomic mass is 32.2. The van der Waals surface area contributed by atoms with E-state index < -0.39 is 27.0 Å². The molecular formula is C11H12N2O5S. The van der Waals surface area contributed by atoms with Crippen LogP contribution in [0, 0.1) is 11.3 Å². The van der Waals surface area contributed by atoms with Crippen LogP contribution in [0.1, 0.15) is 23.7 Å². The highest BCUT2D eigenvalue weighted by Crippen LogP contribution is 2.25. The van der Waals surface area contributed by atoms with Gasteiger partial charge in [-0.3, -0.25) is 0 Å². The first-order valence-corrected chi connectivity index (χ1v) is 6.80. The summed E-state index contributed by atoms with van der Waals surface area (Å²) in [5.74, 6) is -1.43. The predicted octanol–water partition coefficient (Wildman–Crippen LogP) is 0.713. The van der Waals surface area contributed by atoms with E-state index in [4.69, 9.17) is 20.2 Å². The largest absolute Gasteiger partial charge is 0.478 e. The first-order valence-electron chi connectivity index (χ1n) is 5.26. The summed E-state index contributed by atoms with van der Waals surface area (Å²) in [6.45, 7) is 1.69. The topological polar surface area (TPSA) is 130 Å². The molecule has 0 fully saturated rings. The number of benzene rings is 1. The third kappa shape index (κ3) is 3.67. The monoisotopic (exact) mass is 284 g/mol. The van der Waals surface area contributed by atoms with E-state index in [2.05, 4.69) is 0 Å². The molecule has 1 aromatic rings. The van der Waals surface area contributed by atoms with Gasteiger partial charge in [-0.2, -0.15) is 5.26 Å². The fourth-order valence-corrected chi connectivity index (χ4v) is 2.00. The van der Waals surface area contributed by atoms with E-state index in [1.54, 1.807) is 6.92 Å². The van der Waals surface area contributed by atoms with Crippen LogP contribution in [0.4, 0.5) is 0 Å². The minimum absolute atomic E-state index is 0.138. The predicted molar refractivity (Wildman–Crippen MR) is 65.1 cm³/mol. The number of carboxylic acid groups (broad SMARTS) is 1. The van der Waals surface area contributed by atoms with Crippen LogP contribution in [0.5, 0.6) is 5.75 Å². The Morgan fingerprint density at radius 3 is 2.63 bits per heavy atom. The number of nitrogens with two attached hydrogens (primary N) is 1. The summed E-state index contributed by atoms with van der Waals surface area (Å²) in [5, 5.41) is 22.6. The molecule has 0 radical (unpaired) electrons. The Labute approximate surface area is 110 Å². The maximum Gasteiger partial charge on any atom is 0.335 e. The van der Waals surface area contributed by atoms with Crippen LogP contribution in [-0.2, 0) is 10.0 Å². The Morgan fingerprint density at radius 1 is 1.58 bits per heavy atom. The van der Waals surface area contributed by atoms with Crippen LogP contribution in [0.2, 0.25) is 0 Å². The number of nitrogens with zero attached hydrogens (tertiary/aromatic N) is 1. The fourth-order valence-electron chi connectivity index (χ4n) is 1.32. The van der Waals surface area contributed by atoms with Gasteiger partial charge in [0.05, 0.1) is 5.56 Å². The Bertz CT molecular complexity index is 633. The molecule has 0 saturated carbocycles. The lowest BCUT2D eigenvalue weighted by molar-refractivity contribution is 0.0696. The Balaban J connectivity index is 3.33. The fraction of sp³-hybridized carbons (Fsp3) is 0.273. The molecule has 0 bridgehead atoms. The highest BCUT2D eigenvalue weighted by Gasteiger charge is 2.20. The normalized spacial score (nSPS) is 12.5. The van der Waals surface area contributed by atoms with Gasteiger partial charge in [0.25, 0.3) is 0 Å². The number of primary sulfonamides is 1. The minimum Gasteiger partial charge on any atom is -0.478 e. The van der Waals surface area contributed by atoms with Crippen molar-refractivity contribution in [1.82, 2.24) is 0 Å². The number of hydrogen-bond donors (Lipinski definition) is 2. The van der Waals surface area contributed by atoms with E-state index in [1.807, 2.05) is 6.07 Å². The van der Waals surface area contributed by atoms with Crippen molar-refractivity contribution in [2.24, 2.45) is 5.14 Å². The average Bonchev–Trinajstić information content (AvgIpc) is 2.34. The molecule has 102 valence electrons. The second-order valence-corrected chi connectivity index (χ2v) is 5.19. The summed E-state index contributed by atoms with van der Waals surface area (Å²) in [5.41, 5.74) is -0.235. The zero-order valence-corrected chi connectivity index (χ0v) is 10.8. The Kier molecular flexibility index (Phi) is 4.47. The summed E-state index contributed by atoms with van der Waals surface area (Å²) >= 11 is 0. The van der Waals surface area contributed by atoms with E-state index in [-0.39, 0.29) is 11.3 Å². The summed E-state index contributed by atoms with van der Waals surface area (Å²) in [4.78, 5) is 10.3. The van der Waals surface area contributed by atoms with E-state index in [1.165, 1.54) is 12.1 Å². The first kappa shape index (κ1) is 14.9. The van der Waals surface area contributed by atoms with Crippen molar-refractivity contribution < 1.29 is 23.1 Å². The number of hydrogen-bond acceptors (Lipinski definition) is 5. The van der Waals surface area contributed by atoms with Gasteiger partial charge in [0.2, 0.25) is 10.0 Å². The molecule has 19 heavy (non-hydrogen) atoms. The molecule has 0 aliphatic rings. The number of carbonyl (C=O) groups is 1. The minimum atomic E-state index is -4.15. The van der Waals surface area contributed by atoms with Crippen LogP contribution < -0.4 is 9.88 Å². The molecule has 0 aromatic heterocycles. The second kappa shape index (κ2) is 5.69. The number of sulfonamides is 1. The van der Waals surface area contributed by atoms with Gasteiger partial charge < -0.3 is 9.84 Å². The van der Waals surface area contributed by atoms with Crippen molar-refractivity contribution >= 4 is 16.0 Å². The van der Waals surface area contributed by atoms with Crippen molar-refractivity contribution in [3.63, 3.8) is 0 Å². The van der Waals surface area contributed by atoms with Gasteiger partial charge in [-0.25, -0.2) is 18.4 Å². The lowest BCUT2D eigenvalue weighted by atomic mass is 10.2. The summed E-state index contributed by atoms with van der Waals surface area (Å²) in [6, 6.07) is 5.09. The van der Waals surface area contributed by atoms with Gasteiger partial charge in [-0.1, -0.05) is 6.92 Å². The molecule has 1 aromatic carbocycles. The molecule has 8 heteroatoms. The number of aromatic carboxylic acids is 1. The molecule has 0 heterocycles. The third-order valence-electron chi connectivity index (χ3n) is 2.28. The van der Waals surface area contributed by atoms with Gasteiger partial charge in [0.15, 0.2) is 6.10 Å². The van der Waals surface area contributed by atoms with Crippen LogP contribution in [0.3, 0.4) is 0 Å². The molecule has 0 aliphatic carbocycles. The summed E-state index contributed by atoms with van der Waals surface area (Å²) in [6.07, 6.45) is -0.488. The van der Waals surface area contributed by atoms with Gasteiger partial charge in [-0.15, -0.1) is 0 Å².